The number of carbonyl (C=O) groups excluding carboxylic acids is 1. The monoisotopic (exact) mass is 331 g/mol. The van der Waals surface area contributed by atoms with E-state index in [4.69, 9.17) is 9.47 Å². The Morgan fingerprint density at radius 2 is 2.18 bits per heavy atom. The van der Waals surface area contributed by atoms with Crippen LogP contribution in [0.25, 0.3) is 0 Å². The average molecular weight is 331 g/mol. The molecule has 2 aromatic rings. The summed E-state index contributed by atoms with van der Waals surface area (Å²) in [5, 5.41) is 2.86. The highest BCUT2D eigenvalue weighted by Gasteiger charge is 2.29. The van der Waals surface area contributed by atoms with E-state index in [1.165, 1.54) is 11.3 Å². The summed E-state index contributed by atoms with van der Waals surface area (Å²) >= 11 is 3.06. The second-order valence-electron chi connectivity index (χ2n) is 4.84. The largest absolute Gasteiger partial charge is 0.454 e. The van der Waals surface area contributed by atoms with Crippen LogP contribution in [0.1, 0.15) is 16.6 Å². The van der Waals surface area contributed by atoms with Crippen LogP contribution in [0.4, 0.5) is 5.69 Å². The van der Waals surface area contributed by atoms with Crippen molar-refractivity contribution in [1.82, 2.24) is 0 Å². The molecule has 3 heterocycles. The van der Waals surface area contributed by atoms with Gasteiger partial charge in [0.1, 0.15) is 0 Å². The van der Waals surface area contributed by atoms with E-state index < -0.39 is 0 Å². The number of anilines is 1. The van der Waals surface area contributed by atoms with Crippen LogP contribution in [-0.4, -0.2) is 19.1 Å². The van der Waals surface area contributed by atoms with E-state index in [1.807, 2.05) is 29.6 Å². The van der Waals surface area contributed by atoms with Crippen molar-refractivity contribution in [2.75, 3.05) is 18.2 Å². The number of benzene rings is 1. The van der Waals surface area contributed by atoms with E-state index in [0.29, 0.717) is 0 Å². The second-order valence-corrected chi connectivity index (χ2v) is 6.85. The van der Waals surface area contributed by atoms with Crippen LogP contribution in [0.5, 0.6) is 11.5 Å². The molecule has 0 unspecified atom stereocenters. The zero-order chi connectivity index (χ0) is 15.1. The molecule has 4 rings (SSSR count). The van der Waals surface area contributed by atoms with E-state index in [1.54, 1.807) is 17.8 Å². The third-order valence-corrected chi connectivity index (χ3v) is 5.54. The molecule has 2 aliphatic heterocycles. The van der Waals surface area contributed by atoms with Gasteiger partial charge in [0.2, 0.25) is 6.79 Å². The van der Waals surface area contributed by atoms with Crippen molar-refractivity contribution in [3.8, 4) is 11.5 Å². The van der Waals surface area contributed by atoms with Crippen molar-refractivity contribution in [2.45, 2.75) is 11.8 Å². The lowest BCUT2D eigenvalue weighted by Gasteiger charge is -2.17. The molecular weight excluding hydrogens is 318 g/mol. The van der Waals surface area contributed by atoms with Crippen molar-refractivity contribution in [3.05, 3.63) is 45.6 Å². The Balaban J connectivity index is 1.70. The smallest absolute Gasteiger partial charge is 0.231 e. The highest BCUT2D eigenvalue weighted by Crippen LogP contribution is 2.51. The van der Waals surface area contributed by atoms with Crippen molar-refractivity contribution in [3.63, 3.8) is 0 Å². The number of fused-ring (bicyclic) bond motifs is 2. The molecule has 2 aliphatic rings. The Morgan fingerprint density at radius 3 is 2.91 bits per heavy atom. The first-order chi connectivity index (χ1) is 10.8. The summed E-state index contributed by atoms with van der Waals surface area (Å²) in [5.41, 5.74) is 1.07. The van der Waals surface area contributed by atoms with Gasteiger partial charge in [-0.15, -0.1) is 11.3 Å². The molecule has 0 bridgehead atoms. The number of thioether (sulfide) groups is 1. The lowest BCUT2D eigenvalue weighted by molar-refractivity contribution is 0.105. The SMILES string of the molecule is CCN1/C(=C\C(=O)c2cccs2)Sc2cc3c(cc21)OCO3. The molecule has 22 heavy (non-hydrogen) atoms. The van der Waals surface area contributed by atoms with Crippen molar-refractivity contribution < 1.29 is 14.3 Å². The number of ketones is 1. The van der Waals surface area contributed by atoms with Gasteiger partial charge >= 0.3 is 0 Å². The predicted molar refractivity (Wildman–Crippen MR) is 88.2 cm³/mol. The quantitative estimate of drug-likeness (QED) is 0.624. The van der Waals surface area contributed by atoms with Gasteiger partial charge in [-0.25, -0.2) is 0 Å². The number of hydrogen-bond donors (Lipinski definition) is 0. The molecule has 0 spiro atoms. The van der Waals surface area contributed by atoms with E-state index in [2.05, 4.69) is 11.8 Å². The minimum Gasteiger partial charge on any atom is -0.454 e. The fraction of sp³-hybridized carbons (Fsp3) is 0.188. The molecule has 4 nitrogen and oxygen atoms in total. The first-order valence-corrected chi connectivity index (χ1v) is 8.64. The summed E-state index contributed by atoms with van der Waals surface area (Å²) in [4.78, 5) is 16.3. The fourth-order valence-corrected chi connectivity index (χ4v) is 4.33. The molecule has 0 amide bonds. The zero-order valence-electron chi connectivity index (χ0n) is 11.9. The summed E-state index contributed by atoms with van der Waals surface area (Å²) in [6.07, 6.45) is 1.72. The summed E-state index contributed by atoms with van der Waals surface area (Å²) in [6.45, 7) is 3.14. The third kappa shape index (κ3) is 2.19. The Morgan fingerprint density at radius 1 is 1.36 bits per heavy atom. The minimum atomic E-state index is 0.0452. The fourth-order valence-electron chi connectivity index (χ4n) is 2.53. The van der Waals surface area contributed by atoms with Gasteiger partial charge in [-0.05, 0) is 18.4 Å². The van der Waals surface area contributed by atoms with Gasteiger partial charge in [0.25, 0.3) is 0 Å². The maximum atomic E-state index is 12.3. The van der Waals surface area contributed by atoms with E-state index in [-0.39, 0.29) is 12.6 Å². The lowest BCUT2D eigenvalue weighted by Crippen LogP contribution is -2.17. The molecule has 1 aromatic carbocycles. The Kier molecular flexibility index (Phi) is 3.35. The molecule has 0 saturated heterocycles. The molecule has 0 radical (unpaired) electrons. The molecular formula is C16H13NO3S2. The summed E-state index contributed by atoms with van der Waals surface area (Å²) in [7, 11) is 0. The van der Waals surface area contributed by atoms with Crippen LogP contribution in [0.3, 0.4) is 0 Å². The molecule has 112 valence electrons. The summed E-state index contributed by atoms with van der Waals surface area (Å²) in [5.74, 6) is 1.58. The molecule has 0 atom stereocenters. The number of hydrogen-bond acceptors (Lipinski definition) is 6. The zero-order valence-corrected chi connectivity index (χ0v) is 13.5. The van der Waals surface area contributed by atoms with Crippen LogP contribution < -0.4 is 14.4 Å². The topological polar surface area (TPSA) is 38.8 Å². The first kappa shape index (κ1) is 13.7. The van der Waals surface area contributed by atoms with Gasteiger partial charge in [0.05, 0.1) is 15.6 Å². The van der Waals surface area contributed by atoms with Crippen molar-refractivity contribution in [1.29, 1.82) is 0 Å². The number of rotatable bonds is 3. The van der Waals surface area contributed by atoms with E-state index in [0.717, 1.165) is 38.5 Å². The minimum absolute atomic E-state index is 0.0452. The van der Waals surface area contributed by atoms with E-state index >= 15 is 0 Å². The summed E-state index contributed by atoms with van der Waals surface area (Å²) in [6, 6.07) is 7.72. The first-order valence-electron chi connectivity index (χ1n) is 6.95. The van der Waals surface area contributed by atoms with Crippen LogP contribution in [0.2, 0.25) is 0 Å². The number of ether oxygens (including phenoxy) is 2. The number of allylic oxidation sites excluding steroid dienone is 1. The predicted octanol–water partition coefficient (Wildman–Crippen LogP) is 4.13. The van der Waals surface area contributed by atoms with Gasteiger partial charge < -0.3 is 14.4 Å². The average Bonchev–Trinajstić information content (AvgIpc) is 3.23. The van der Waals surface area contributed by atoms with Crippen molar-refractivity contribution >= 4 is 34.6 Å². The Bertz CT molecular complexity index is 768. The third-order valence-electron chi connectivity index (χ3n) is 3.56. The molecule has 0 N–H and O–H groups in total. The maximum absolute atomic E-state index is 12.3. The highest BCUT2D eigenvalue weighted by molar-refractivity contribution is 8.03. The molecule has 0 fully saturated rings. The Hall–Kier alpha value is -1.92. The van der Waals surface area contributed by atoms with E-state index in [9.17, 15) is 4.79 Å². The molecule has 0 aliphatic carbocycles. The summed E-state index contributed by atoms with van der Waals surface area (Å²) < 4.78 is 10.9. The second kappa shape index (κ2) is 5.37. The molecule has 0 saturated carbocycles. The number of thiophene rings is 1. The van der Waals surface area contributed by atoms with Gasteiger partial charge in [-0.3, -0.25) is 4.79 Å². The number of carbonyl (C=O) groups is 1. The van der Waals surface area contributed by atoms with Gasteiger partial charge in [-0.1, -0.05) is 17.8 Å². The van der Waals surface area contributed by atoms with Crippen LogP contribution in [-0.2, 0) is 0 Å². The molecule has 1 aromatic heterocycles. The Labute approximate surface area is 136 Å². The van der Waals surface area contributed by atoms with Gasteiger partial charge in [0.15, 0.2) is 17.3 Å². The number of nitrogens with zero attached hydrogens (tertiary/aromatic N) is 1. The lowest BCUT2D eigenvalue weighted by atomic mass is 10.2. The molecule has 6 heteroatoms. The van der Waals surface area contributed by atoms with Gasteiger partial charge in [-0.2, -0.15) is 0 Å². The standard InChI is InChI=1S/C16H13NO3S2/c1-2-17-10-6-12-13(20-9-19-12)8-15(10)22-16(17)7-11(18)14-4-3-5-21-14/h3-8H,2,9H2,1H3/b16-7+. The maximum Gasteiger partial charge on any atom is 0.231 e. The van der Waals surface area contributed by atoms with Crippen LogP contribution >= 0.6 is 23.1 Å². The normalized spacial score (nSPS) is 17.1. The van der Waals surface area contributed by atoms with Gasteiger partial charge in [0, 0.05) is 29.6 Å². The van der Waals surface area contributed by atoms with Crippen LogP contribution in [0.15, 0.2) is 45.6 Å². The highest BCUT2D eigenvalue weighted by atomic mass is 32.2. The van der Waals surface area contributed by atoms with Crippen LogP contribution in [0, 0.1) is 0 Å². The van der Waals surface area contributed by atoms with Crippen molar-refractivity contribution in [2.24, 2.45) is 0 Å².